The fraction of sp³-hybridized carbons (Fsp3) is 0.133. The van der Waals surface area contributed by atoms with Crippen LogP contribution in [0.4, 0.5) is 0 Å². The molecule has 1 N–H and O–H groups in total. The highest BCUT2D eigenvalue weighted by Crippen LogP contribution is 2.26. The highest BCUT2D eigenvalue weighted by atomic mass is 16.5. The van der Waals surface area contributed by atoms with E-state index in [1.807, 2.05) is 0 Å². The van der Waals surface area contributed by atoms with Gasteiger partial charge in [-0.2, -0.15) is 0 Å². The summed E-state index contributed by atoms with van der Waals surface area (Å²) in [6.07, 6.45) is 0. The molecule has 0 aliphatic rings. The summed E-state index contributed by atoms with van der Waals surface area (Å²) in [4.78, 5) is 12.4. The zero-order chi connectivity index (χ0) is 13.8. The number of hydrogen-bond acceptors (Lipinski definition) is 4. The lowest BCUT2D eigenvalue weighted by molar-refractivity contribution is 0.103. The van der Waals surface area contributed by atoms with Crippen molar-refractivity contribution in [3.8, 4) is 17.2 Å². The second-order valence-electron chi connectivity index (χ2n) is 3.94. The monoisotopic (exact) mass is 258 g/mol. The second-order valence-corrected chi connectivity index (χ2v) is 3.94. The molecule has 0 bridgehead atoms. The van der Waals surface area contributed by atoms with Crippen LogP contribution in [-0.2, 0) is 0 Å². The summed E-state index contributed by atoms with van der Waals surface area (Å²) in [5, 5.41) is 9.24. The number of rotatable bonds is 4. The molecule has 0 spiro atoms. The zero-order valence-corrected chi connectivity index (χ0v) is 10.7. The molecule has 0 saturated carbocycles. The summed E-state index contributed by atoms with van der Waals surface area (Å²) >= 11 is 0. The Morgan fingerprint density at radius 2 is 1.68 bits per heavy atom. The van der Waals surface area contributed by atoms with Crippen molar-refractivity contribution in [1.29, 1.82) is 0 Å². The van der Waals surface area contributed by atoms with Gasteiger partial charge in [-0.1, -0.05) is 0 Å². The van der Waals surface area contributed by atoms with Crippen molar-refractivity contribution in [1.82, 2.24) is 0 Å². The Bertz CT molecular complexity index is 588. The molecule has 0 aromatic heterocycles. The topological polar surface area (TPSA) is 55.8 Å². The maximum Gasteiger partial charge on any atom is 0.196 e. The molecule has 0 aliphatic heterocycles. The van der Waals surface area contributed by atoms with Crippen LogP contribution in [0.25, 0.3) is 0 Å². The van der Waals surface area contributed by atoms with Crippen molar-refractivity contribution in [2.75, 3.05) is 14.2 Å². The molecule has 0 atom stereocenters. The van der Waals surface area contributed by atoms with E-state index in [0.717, 1.165) is 0 Å². The Labute approximate surface area is 111 Å². The van der Waals surface area contributed by atoms with Crippen LogP contribution < -0.4 is 9.47 Å². The zero-order valence-electron chi connectivity index (χ0n) is 10.7. The summed E-state index contributed by atoms with van der Waals surface area (Å²) in [6.45, 7) is 0. The Morgan fingerprint density at radius 1 is 1.00 bits per heavy atom. The van der Waals surface area contributed by atoms with E-state index in [2.05, 4.69) is 0 Å². The molecular formula is C15H14O4. The van der Waals surface area contributed by atoms with Gasteiger partial charge in [-0.25, -0.2) is 0 Å². The van der Waals surface area contributed by atoms with Crippen LogP contribution in [0.5, 0.6) is 17.2 Å². The largest absolute Gasteiger partial charge is 0.508 e. The van der Waals surface area contributed by atoms with Crippen LogP contribution in [0.2, 0.25) is 0 Å². The van der Waals surface area contributed by atoms with Gasteiger partial charge in [0.2, 0.25) is 0 Å². The van der Waals surface area contributed by atoms with Crippen LogP contribution >= 0.6 is 0 Å². The fourth-order valence-electron chi connectivity index (χ4n) is 1.76. The molecule has 0 unspecified atom stereocenters. The van der Waals surface area contributed by atoms with Crippen LogP contribution in [0.3, 0.4) is 0 Å². The van der Waals surface area contributed by atoms with E-state index >= 15 is 0 Å². The molecule has 0 saturated heterocycles. The maximum absolute atomic E-state index is 12.4. The van der Waals surface area contributed by atoms with E-state index < -0.39 is 0 Å². The predicted molar refractivity (Wildman–Crippen MR) is 71.1 cm³/mol. The molecule has 0 amide bonds. The van der Waals surface area contributed by atoms with Gasteiger partial charge in [0.05, 0.1) is 19.8 Å². The molecule has 0 fully saturated rings. The Hall–Kier alpha value is -2.49. The first kappa shape index (κ1) is 13.0. The smallest absolute Gasteiger partial charge is 0.196 e. The Kier molecular flexibility index (Phi) is 3.71. The number of ketones is 1. The number of ether oxygens (including phenoxy) is 2. The summed E-state index contributed by atoms with van der Waals surface area (Å²) in [5.41, 5.74) is 0.900. The third-order valence-corrected chi connectivity index (χ3v) is 2.78. The number of methoxy groups -OCH3 is 2. The van der Waals surface area contributed by atoms with E-state index in [1.54, 1.807) is 30.3 Å². The normalized spacial score (nSPS) is 10.0. The first-order valence-electron chi connectivity index (χ1n) is 5.71. The van der Waals surface area contributed by atoms with Crippen molar-refractivity contribution in [2.45, 2.75) is 0 Å². The minimum absolute atomic E-state index is 0.120. The molecule has 0 radical (unpaired) electrons. The summed E-state index contributed by atoms with van der Waals surface area (Å²) in [6, 6.07) is 11.1. The number of aromatic hydroxyl groups is 1. The van der Waals surface area contributed by atoms with Crippen LogP contribution in [0, 0.1) is 0 Å². The van der Waals surface area contributed by atoms with E-state index in [9.17, 15) is 9.90 Å². The molecule has 4 heteroatoms. The van der Waals surface area contributed by atoms with Crippen molar-refractivity contribution in [3.05, 3.63) is 53.6 Å². The van der Waals surface area contributed by atoms with E-state index in [0.29, 0.717) is 22.6 Å². The SMILES string of the molecule is COc1ccc(OC)c(C(=O)c2ccc(O)cc2)c1. The maximum atomic E-state index is 12.4. The van der Waals surface area contributed by atoms with Gasteiger partial charge in [0, 0.05) is 5.56 Å². The first-order chi connectivity index (χ1) is 9.15. The highest BCUT2D eigenvalue weighted by molar-refractivity contribution is 6.11. The third-order valence-electron chi connectivity index (χ3n) is 2.78. The van der Waals surface area contributed by atoms with E-state index in [4.69, 9.17) is 9.47 Å². The van der Waals surface area contributed by atoms with Gasteiger partial charge in [-0.05, 0) is 42.5 Å². The number of carbonyl (C=O) groups is 1. The second kappa shape index (κ2) is 5.44. The summed E-state index contributed by atoms with van der Waals surface area (Å²) < 4.78 is 10.3. The first-order valence-corrected chi connectivity index (χ1v) is 5.71. The van der Waals surface area contributed by atoms with Gasteiger partial charge in [-0.3, -0.25) is 4.79 Å². The highest BCUT2D eigenvalue weighted by Gasteiger charge is 2.15. The fourth-order valence-corrected chi connectivity index (χ4v) is 1.76. The van der Waals surface area contributed by atoms with Gasteiger partial charge >= 0.3 is 0 Å². The van der Waals surface area contributed by atoms with E-state index in [-0.39, 0.29) is 11.5 Å². The molecule has 98 valence electrons. The predicted octanol–water partition coefficient (Wildman–Crippen LogP) is 2.64. The van der Waals surface area contributed by atoms with Gasteiger partial charge in [0.1, 0.15) is 17.2 Å². The molecular weight excluding hydrogens is 244 g/mol. The lowest BCUT2D eigenvalue weighted by Gasteiger charge is -2.09. The van der Waals surface area contributed by atoms with E-state index in [1.165, 1.54) is 26.4 Å². The summed E-state index contributed by atoms with van der Waals surface area (Å²) in [7, 11) is 3.05. The molecule has 2 rings (SSSR count). The molecule has 4 nitrogen and oxygen atoms in total. The van der Waals surface area contributed by atoms with Crippen molar-refractivity contribution < 1.29 is 19.4 Å². The number of phenols is 1. The molecule has 2 aromatic rings. The van der Waals surface area contributed by atoms with Gasteiger partial charge < -0.3 is 14.6 Å². The third kappa shape index (κ3) is 2.68. The Morgan fingerprint density at radius 3 is 2.26 bits per heavy atom. The van der Waals surface area contributed by atoms with Crippen LogP contribution in [0.1, 0.15) is 15.9 Å². The minimum Gasteiger partial charge on any atom is -0.508 e. The Balaban J connectivity index is 2.44. The number of carbonyl (C=O) groups excluding carboxylic acids is 1. The quantitative estimate of drug-likeness (QED) is 0.856. The lowest BCUT2D eigenvalue weighted by atomic mass is 10.0. The molecule has 0 aliphatic carbocycles. The molecule has 19 heavy (non-hydrogen) atoms. The van der Waals surface area contributed by atoms with Crippen molar-refractivity contribution in [3.63, 3.8) is 0 Å². The van der Waals surface area contributed by atoms with Crippen LogP contribution in [0.15, 0.2) is 42.5 Å². The minimum atomic E-state index is -0.184. The van der Waals surface area contributed by atoms with Crippen molar-refractivity contribution >= 4 is 5.78 Å². The molecule has 2 aromatic carbocycles. The van der Waals surface area contributed by atoms with Crippen molar-refractivity contribution in [2.24, 2.45) is 0 Å². The summed E-state index contributed by atoms with van der Waals surface area (Å²) in [5.74, 6) is 1.01. The van der Waals surface area contributed by atoms with Crippen LogP contribution in [-0.4, -0.2) is 25.1 Å². The average Bonchev–Trinajstić information content (AvgIpc) is 2.46. The van der Waals surface area contributed by atoms with Gasteiger partial charge in [0.15, 0.2) is 5.78 Å². The standard InChI is InChI=1S/C15H14O4/c1-18-12-7-8-14(19-2)13(9-12)15(17)10-3-5-11(16)6-4-10/h3-9,16H,1-2H3. The number of benzene rings is 2. The van der Waals surface area contributed by atoms with Gasteiger partial charge in [-0.15, -0.1) is 0 Å². The lowest BCUT2D eigenvalue weighted by Crippen LogP contribution is -2.04. The number of phenolic OH excluding ortho intramolecular Hbond substituents is 1. The average molecular weight is 258 g/mol. The van der Waals surface area contributed by atoms with Gasteiger partial charge in [0.25, 0.3) is 0 Å². The number of hydrogen-bond donors (Lipinski definition) is 1. The molecule has 0 heterocycles.